The monoisotopic (exact) mass is 521 g/mol. The van der Waals surface area contributed by atoms with E-state index in [-0.39, 0.29) is 49.5 Å². The maximum atomic E-state index is 14.3. The van der Waals surface area contributed by atoms with Crippen LogP contribution in [0.25, 0.3) is 0 Å². The fraction of sp³-hybridized carbons (Fsp3) is 0.462. The predicted molar refractivity (Wildman–Crippen MR) is 139 cm³/mol. The minimum Gasteiger partial charge on any atom is -0.497 e. The summed E-state index contributed by atoms with van der Waals surface area (Å²) in [7, 11) is -2.20. The number of rotatable bonds is 13. The summed E-state index contributed by atoms with van der Waals surface area (Å²) in [6, 6.07) is 12.0. The Labute approximate surface area is 213 Å². The molecule has 10 heteroatoms. The Kier molecular flexibility index (Phi) is 10.7. The number of para-hydroxylation sites is 1. The van der Waals surface area contributed by atoms with Gasteiger partial charge in [-0.05, 0) is 56.5 Å². The van der Waals surface area contributed by atoms with Crippen LogP contribution in [-0.2, 0) is 26.2 Å². The number of amides is 2. The first-order chi connectivity index (χ1) is 17.0. The van der Waals surface area contributed by atoms with E-state index in [0.29, 0.717) is 5.75 Å². The highest BCUT2D eigenvalue weighted by Gasteiger charge is 2.27. The fourth-order valence-electron chi connectivity index (χ4n) is 3.61. The van der Waals surface area contributed by atoms with E-state index in [4.69, 9.17) is 4.74 Å². The van der Waals surface area contributed by atoms with E-state index >= 15 is 0 Å². The standard InChI is InChI=1S/C26H36FN3O5S/c1-6-19(2)28-26(32)20(3)29(18-21-13-15-22(35-4)16-14-21)25(31)12-9-17-30(36(5,33)34)24-11-8-7-10-23(24)27/h7-8,10-11,13-16,19-20H,6,9,12,17-18H2,1-5H3,(H,28,32). The molecule has 2 aromatic rings. The minimum absolute atomic E-state index is 0.0163. The van der Waals surface area contributed by atoms with Gasteiger partial charge in [0, 0.05) is 25.6 Å². The normalized spacial score (nSPS) is 12.9. The molecule has 0 aliphatic carbocycles. The minimum atomic E-state index is -3.77. The van der Waals surface area contributed by atoms with Gasteiger partial charge in [-0.15, -0.1) is 0 Å². The van der Waals surface area contributed by atoms with Gasteiger partial charge in [-0.2, -0.15) is 0 Å². The lowest BCUT2D eigenvalue weighted by Crippen LogP contribution is -2.49. The summed E-state index contributed by atoms with van der Waals surface area (Å²) >= 11 is 0. The second-order valence-electron chi connectivity index (χ2n) is 8.75. The first kappa shape index (κ1) is 29.1. The zero-order valence-electron chi connectivity index (χ0n) is 21.5. The average Bonchev–Trinajstić information content (AvgIpc) is 2.84. The zero-order valence-corrected chi connectivity index (χ0v) is 22.3. The molecule has 0 fully saturated rings. The molecular formula is C26H36FN3O5S. The van der Waals surface area contributed by atoms with E-state index < -0.39 is 21.9 Å². The number of halogens is 1. The topological polar surface area (TPSA) is 96.0 Å². The van der Waals surface area contributed by atoms with Gasteiger partial charge in [0.15, 0.2) is 0 Å². The molecule has 0 aliphatic rings. The van der Waals surface area contributed by atoms with Crippen LogP contribution in [-0.4, -0.2) is 57.1 Å². The van der Waals surface area contributed by atoms with Crippen LogP contribution >= 0.6 is 0 Å². The molecule has 2 atom stereocenters. The van der Waals surface area contributed by atoms with Crippen molar-refractivity contribution in [1.29, 1.82) is 0 Å². The van der Waals surface area contributed by atoms with E-state index in [2.05, 4.69) is 5.32 Å². The molecule has 2 amide bonds. The van der Waals surface area contributed by atoms with Crippen LogP contribution in [0.1, 0.15) is 45.6 Å². The maximum Gasteiger partial charge on any atom is 0.242 e. The molecule has 0 saturated heterocycles. The smallest absolute Gasteiger partial charge is 0.242 e. The second-order valence-corrected chi connectivity index (χ2v) is 10.7. The van der Waals surface area contributed by atoms with Gasteiger partial charge >= 0.3 is 0 Å². The van der Waals surface area contributed by atoms with Crippen molar-refractivity contribution in [3.8, 4) is 5.75 Å². The van der Waals surface area contributed by atoms with Crippen LogP contribution < -0.4 is 14.4 Å². The first-order valence-electron chi connectivity index (χ1n) is 11.9. The Bertz CT molecular complexity index is 1120. The van der Waals surface area contributed by atoms with E-state index in [1.807, 2.05) is 26.0 Å². The molecule has 0 bridgehead atoms. The van der Waals surface area contributed by atoms with Crippen LogP contribution in [0.15, 0.2) is 48.5 Å². The molecule has 0 spiro atoms. The van der Waals surface area contributed by atoms with Crippen molar-refractivity contribution in [2.24, 2.45) is 0 Å². The van der Waals surface area contributed by atoms with Gasteiger partial charge in [0.05, 0.1) is 19.1 Å². The van der Waals surface area contributed by atoms with Crippen molar-refractivity contribution >= 4 is 27.5 Å². The van der Waals surface area contributed by atoms with Crippen molar-refractivity contribution in [1.82, 2.24) is 10.2 Å². The molecular weight excluding hydrogens is 485 g/mol. The lowest BCUT2D eigenvalue weighted by molar-refractivity contribution is -0.140. The van der Waals surface area contributed by atoms with Gasteiger partial charge in [-0.25, -0.2) is 12.8 Å². The molecule has 2 aromatic carbocycles. The Morgan fingerprint density at radius 3 is 2.28 bits per heavy atom. The van der Waals surface area contributed by atoms with E-state index in [1.165, 1.54) is 23.1 Å². The lowest BCUT2D eigenvalue weighted by Gasteiger charge is -2.30. The molecule has 2 unspecified atom stereocenters. The predicted octanol–water partition coefficient (Wildman–Crippen LogP) is 3.71. The summed E-state index contributed by atoms with van der Waals surface area (Å²) in [6.45, 7) is 5.64. The second kappa shape index (κ2) is 13.2. The van der Waals surface area contributed by atoms with Gasteiger partial charge in [0.2, 0.25) is 21.8 Å². The lowest BCUT2D eigenvalue weighted by atomic mass is 10.1. The van der Waals surface area contributed by atoms with Crippen molar-refractivity contribution in [2.45, 2.75) is 58.7 Å². The largest absolute Gasteiger partial charge is 0.497 e. The first-order valence-corrected chi connectivity index (χ1v) is 13.8. The molecule has 198 valence electrons. The molecule has 0 aromatic heterocycles. The molecule has 0 radical (unpaired) electrons. The third kappa shape index (κ3) is 8.22. The van der Waals surface area contributed by atoms with Crippen molar-refractivity contribution in [3.63, 3.8) is 0 Å². The van der Waals surface area contributed by atoms with Crippen LogP contribution in [0.5, 0.6) is 5.75 Å². The molecule has 8 nitrogen and oxygen atoms in total. The van der Waals surface area contributed by atoms with E-state index in [9.17, 15) is 22.4 Å². The summed E-state index contributed by atoms with van der Waals surface area (Å²) in [5.41, 5.74) is 0.750. The van der Waals surface area contributed by atoms with Gasteiger partial charge < -0.3 is 15.0 Å². The highest BCUT2D eigenvalue weighted by atomic mass is 32.2. The number of hydrogen-bond acceptors (Lipinski definition) is 5. The Balaban J connectivity index is 2.19. The van der Waals surface area contributed by atoms with Crippen molar-refractivity contribution in [3.05, 3.63) is 59.9 Å². The van der Waals surface area contributed by atoms with Crippen LogP contribution in [0, 0.1) is 5.82 Å². The van der Waals surface area contributed by atoms with Crippen LogP contribution in [0.4, 0.5) is 10.1 Å². The van der Waals surface area contributed by atoms with Gasteiger partial charge in [0.25, 0.3) is 0 Å². The van der Waals surface area contributed by atoms with Crippen molar-refractivity contribution in [2.75, 3.05) is 24.2 Å². The summed E-state index contributed by atoms with van der Waals surface area (Å²) in [4.78, 5) is 27.6. The maximum absolute atomic E-state index is 14.3. The number of carbonyl (C=O) groups excluding carboxylic acids is 2. The number of carbonyl (C=O) groups is 2. The highest BCUT2D eigenvalue weighted by molar-refractivity contribution is 7.92. The number of hydrogen-bond donors (Lipinski definition) is 1. The van der Waals surface area contributed by atoms with Crippen LogP contribution in [0.2, 0.25) is 0 Å². The molecule has 0 aliphatic heterocycles. The van der Waals surface area contributed by atoms with Crippen molar-refractivity contribution < 1.29 is 27.1 Å². The number of ether oxygens (including phenoxy) is 1. The third-order valence-corrected chi connectivity index (χ3v) is 7.13. The van der Waals surface area contributed by atoms with Gasteiger partial charge in [-0.1, -0.05) is 31.2 Å². The number of methoxy groups -OCH3 is 1. The summed E-state index contributed by atoms with van der Waals surface area (Å²) in [5.74, 6) is -0.561. The molecule has 1 N–H and O–H groups in total. The Hall–Kier alpha value is -3.14. The molecule has 36 heavy (non-hydrogen) atoms. The Morgan fingerprint density at radius 1 is 1.08 bits per heavy atom. The molecule has 0 heterocycles. The fourth-order valence-corrected chi connectivity index (χ4v) is 4.58. The van der Waals surface area contributed by atoms with Gasteiger partial charge in [-0.3, -0.25) is 13.9 Å². The summed E-state index contributed by atoms with van der Waals surface area (Å²) in [5, 5.41) is 2.91. The van der Waals surface area contributed by atoms with Crippen LogP contribution in [0.3, 0.4) is 0 Å². The SMILES string of the molecule is CCC(C)NC(=O)C(C)N(Cc1ccc(OC)cc1)C(=O)CCCN(c1ccccc1F)S(C)(=O)=O. The number of nitrogens with one attached hydrogen (secondary N) is 1. The van der Waals surface area contributed by atoms with E-state index in [1.54, 1.807) is 32.2 Å². The number of benzene rings is 2. The van der Waals surface area contributed by atoms with Gasteiger partial charge in [0.1, 0.15) is 17.6 Å². The summed E-state index contributed by atoms with van der Waals surface area (Å²) < 4.78 is 45.1. The molecule has 0 saturated carbocycles. The third-order valence-electron chi connectivity index (χ3n) is 5.95. The quantitative estimate of drug-likeness (QED) is 0.434. The number of sulfonamides is 1. The Morgan fingerprint density at radius 2 is 1.72 bits per heavy atom. The highest BCUT2D eigenvalue weighted by Crippen LogP contribution is 2.22. The molecule has 2 rings (SSSR count). The average molecular weight is 522 g/mol. The summed E-state index contributed by atoms with van der Waals surface area (Å²) in [6.07, 6.45) is 1.89. The van der Waals surface area contributed by atoms with E-state index in [0.717, 1.165) is 22.5 Å². The zero-order chi connectivity index (χ0) is 26.9. The number of nitrogens with zero attached hydrogens (tertiary/aromatic N) is 2. The number of anilines is 1.